The van der Waals surface area contributed by atoms with Crippen molar-refractivity contribution in [2.75, 3.05) is 25.2 Å². The van der Waals surface area contributed by atoms with Crippen molar-refractivity contribution in [1.29, 1.82) is 5.41 Å². The first kappa shape index (κ1) is 29.2. The number of nitrogens with zero attached hydrogens (tertiary/aromatic N) is 1. The second kappa shape index (κ2) is 12.0. The van der Waals surface area contributed by atoms with E-state index in [1.807, 2.05) is 18.2 Å². The van der Waals surface area contributed by atoms with Crippen LogP contribution in [0.1, 0.15) is 31.9 Å². The average molecular weight is 542 g/mol. The molecule has 1 amide bonds. The zero-order valence-corrected chi connectivity index (χ0v) is 22.5. The number of methoxy groups -OCH3 is 1. The fourth-order valence-corrected chi connectivity index (χ4v) is 3.91. The molecule has 210 valence electrons. The Hall–Kier alpha value is -4.32. The van der Waals surface area contributed by atoms with Gasteiger partial charge in [-0.25, -0.2) is 14.4 Å². The number of nitrogens with two attached hydrogens (primary N) is 2. The lowest BCUT2D eigenvalue weighted by Crippen LogP contribution is -2.59. The molecular formula is C27H35N5O7. The van der Waals surface area contributed by atoms with Crippen LogP contribution in [0, 0.1) is 5.41 Å². The molecule has 1 saturated heterocycles. The number of nitrogens with one attached hydrogen (secondary N) is 2. The largest absolute Gasteiger partial charge is 0.490 e. The van der Waals surface area contributed by atoms with E-state index >= 15 is 0 Å². The van der Waals surface area contributed by atoms with Gasteiger partial charge in [-0.05, 0) is 50.1 Å². The van der Waals surface area contributed by atoms with Crippen molar-refractivity contribution in [2.45, 2.75) is 51.0 Å². The predicted molar refractivity (Wildman–Crippen MR) is 143 cm³/mol. The summed E-state index contributed by atoms with van der Waals surface area (Å²) in [5, 5.41) is 10.1. The smallest absolute Gasteiger partial charge is 0.414 e. The number of hydrogen-bond acceptors (Lipinski definition) is 9. The van der Waals surface area contributed by atoms with Gasteiger partial charge in [0.2, 0.25) is 5.54 Å². The zero-order chi connectivity index (χ0) is 28.8. The average Bonchev–Trinajstić information content (AvgIpc) is 3.25. The maximum absolute atomic E-state index is 12.7. The summed E-state index contributed by atoms with van der Waals surface area (Å²) in [6.07, 6.45) is -1.16. The highest BCUT2D eigenvalue weighted by Gasteiger charge is 2.46. The lowest BCUT2D eigenvalue weighted by atomic mass is 9.91. The molecule has 2 unspecified atom stereocenters. The van der Waals surface area contributed by atoms with Gasteiger partial charge >= 0.3 is 18.0 Å². The number of anilines is 1. The molecule has 0 saturated carbocycles. The molecular weight excluding hydrogens is 506 g/mol. The van der Waals surface area contributed by atoms with Crippen LogP contribution in [0.25, 0.3) is 0 Å². The van der Waals surface area contributed by atoms with Crippen LogP contribution < -0.4 is 26.4 Å². The minimum absolute atomic E-state index is 0.107. The number of carbonyl (C=O) groups is 3. The van der Waals surface area contributed by atoms with Crippen LogP contribution >= 0.6 is 0 Å². The first-order chi connectivity index (χ1) is 18.3. The van der Waals surface area contributed by atoms with E-state index in [1.165, 1.54) is 4.90 Å². The van der Waals surface area contributed by atoms with Gasteiger partial charge in [-0.3, -0.25) is 10.3 Å². The number of rotatable bonds is 10. The van der Waals surface area contributed by atoms with Gasteiger partial charge in [-0.1, -0.05) is 30.3 Å². The van der Waals surface area contributed by atoms with Crippen LogP contribution in [0.2, 0.25) is 0 Å². The van der Waals surface area contributed by atoms with Gasteiger partial charge in [0.25, 0.3) is 0 Å². The van der Waals surface area contributed by atoms with Gasteiger partial charge in [-0.15, -0.1) is 0 Å². The molecule has 0 spiro atoms. The summed E-state index contributed by atoms with van der Waals surface area (Å²) in [7, 11) is 1.16. The van der Waals surface area contributed by atoms with Gasteiger partial charge in [0.1, 0.15) is 18.0 Å². The van der Waals surface area contributed by atoms with Gasteiger partial charge in [0.15, 0.2) is 12.1 Å². The van der Waals surface area contributed by atoms with E-state index < -0.39 is 35.3 Å². The second-order valence-electron chi connectivity index (χ2n) is 10.1. The van der Waals surface area contributed by atoms with E-state index in [1.54, 1.807) is 51.1 Å². The number of hydrogen-bond donors (Lipinski definition) is 4. The van der Waals surface area contributed by atoms with Gasteiger partial charge in [0, 0.05) is 13.0 Å². The van der Waals surface area contributed by atoms with Crippen LogP contribution in [-0.2, 0) is 36.8 Å². The van der Waals surface area contributed by atoms with E-state index in [9.17, 15) is 14.4 Å². The van der Waals surface area contributed by atoms with Crippen molar-refractivity contribution in [3.8, 4) is 5.75 Å². The van der Waals surface area contributed by atoms with Gasteiger partial charge in [-0.2, -0.15) is 0 Å². The molecule has 1 aliphatic heterocycles. The molecule has 0 aromatic heterocycles. The summed E-state index contributed by atoms with van der Waals surface area (Å²) in [4.78, 5) is 39.2. The molecule has 39 heavy (non-hydrogen) atoms. The Morgan fingerprint density at radius 3 is 2.41 bits per heavy atom. The van der Waals surface area contributed by atoms with E-state index in [4.69, 9.17) is 35.8 Å². The maximum atomic E-state index is 12.7. The van der Waals surface area contributed by atoms with Gasteiger partial charge in [0.05, 0.1) is 19.3 Å². The molecule has 0 aliphatic carbocycles. The maximum Gasteiger partial charge on any atom is 0.414 e. The SMILES string of the molecule is COC(=O)C(N)(Cc1ccc(OCC2CN(c3ccccc3CNC(=N)N)C(=O)O2)cc1)C(=O)OC(C)(C)C. The lowest BCUT2D eigenvalue weighted by Gasteiger charge is -2.29. The van der Waals surface area contributed by atoms with Crippen molar-refractivity contribution in [3.05, 3.63) is 59.7 Å². The third-order valence-corrected chi connectivity index (χ3v) is 5.78. The molecule has 1 aliphatic rings. The van der Waals surface area contributed by atoms with Crippen molar-refractivity contribution in [2.24, 2.45) is 11.5 Å². The molecule has 12 heteroatoms. The fourth-order valence-electron chi connectivity index (χ4n) is 3.91. The number of ether oxygens (including phenoxy) is 4. The Labute approximate surface area is 227 Å². The molecule has 0 bridgehead atoms. The molecule has 2 atom stereocenters. The van der Waals surface area contributed by atoms with Crippen LogP contribution in [0.5, 0.6) is 5.75 Å². The van der Waals surface area contributed by atoms with Gasteiger partial charge < -0.3 is 35.7 Å². The van der Waals surface area contributed by atoms with Crippen molar-refractivity contribution in [3.63, 3.8) is 0 Å². The molecule has 2 aromatic carbocycles. The van der Waals surface area contributed by atoms with E-state index in [0.29, 0.717) is 17.0 Å². The highest BCUT2D eigenvalue weighted by Crippen LogP contribution is 2.26. The molecule has 1 heterocycles. The Balaban J connectivity index is 1.62. The monoisotopic (exact) mass is 541 g/mol. The zero-order valence-electron chi connectivity index (χ0n) is 22.5. The number of amides is 1. The predicted octanol–water partition coefficient (Wildman–Crippen LogP) is 1.83. The van der Waals surface area contributed by atoms with E-state index in [2.05, 4.69) is 5.32 Å². The van der Waals surface area contributed by atoms with Crippen molar-refractivity contribution < 1.29 is 33.3 Å². The molecule has 1 fully saturated rings. The number of para-hydroxylation sites is 1. The molecule has 0 radical (unpaired) electrons. The minimum Gasteiger partial charge on any atom is -0.490 e. The lowest BCUT2D eigenvalue weighted by molar-refractivity contribution is -0.170. The van der Waals surface area contributed by atoms with E-state index in [-0.39, 0.29) is 32.1 Å². The summed E-state index contributed by atoms with van der Waals surface area (Å²) in [6, 6.07) is 14.0. The summed E-state index contributed by atoms with van der Waals surface area (Å²) < 4.78 is 21.4. The highest BCUT2D eigenvalue weighted by atomic mass is 16.6. The second-order valence-corrected chi connectivity index (χ2v) is 10.1. The Kier molecular flexibility index (Phi) is 9.02. The normalized spacial score (nSPS) is 16.6. The first-order valence-corrected chi connectivity index (χ1v) is 12.3. The molecule has 3 rings (SSSR count). The number of esters is 2. The topological polar surface area (TPSA) is 179 Å². The number of carbonyl (C=O) groups excluding carboxylic acids is 3. The summed E-state index contributed by atoms with van der Waals surface area (Å²) >= 11 is 0. The minimum atomic E-state index is -2.01. The molecule has 12 nitrogen and oxygen atoms in total. The number of guanidine groups is 1. The first-order valence-electron chi connectivity index (χ1n) is 12.3. The molecule has 6 N–H and O–H groups in total. The quantitative estimate of drug-likeness (QED) is 0.114. The van der Waals surface area contributed by atoms with Crippen molar-refractivity contribution in [1.82, 2.24) is 5.32 Å². The van der Waals surface area contributed by atoms with Crippen LogP contribution in [0.15, 0.2) is 48.5 Å². The fraction of sp³-hybridized carbons (Fsp3) is 0.407. The van der Waals surface area contributed by atoms with Crippen LogP contribution in [0.3, 0.4) is 0 Å². The van der Waals surface area contributed by atoms with Crippen LogP contribution in [-0.4, -0.2) is 61.5 Å². The Bertz CT molecular complexity index is 1210. The van der Waals surface area contributed by atoms with Crippen molar-refractivity contribution >= 4 is 29.7 Å². The molecule has 2 aromatic rings. The number of benzene rings is 2. The third-order valence-electron chi connectivity index (χ3n) is 5.78. The standard InChI is InChI=1S/C27H35N5O7/c1-26(2,3)39-23(34)27(30,22(33)36-4)13-17-9-11-19(12-10-17)37-16-20-15-32(25(35)38-20)21-8-6-5-7-18(21)14-31-24(28)29/h5-12,20H,13-16,30H2,1-4H3,(H4,28,29,31). The number of cyclic esters (lactones) is 1. The third kappa shape index (κ3) is 7.60. The summed E-state index contributed by atoms with van der Waals surface area (Å²) in [5.41, 5.74) is 10.8. The summed E-state index contributed by atoms with van der Waals surface area (Å²) in [6.45, 7) is 5.71. The summed E-state index contributed by atoms with van der Waals surface area (Å²) in [5.74, 6) is -1.45. The van der Waals surface area contributed by atoms with E-state index in [0.717, 1.165) is 12.7 Å². The Morgan fingerprint density at radius 2 is 1.79 bits per heavy atom. The highest BCUT2D eigenvalue weighted by molar-refractivity contribution is 6.05. The Morgan fingerprint density at radius 1 is 1.13 bits per heavy atom. The van der Waals surface area contributed by atoms with Crippen LogP contribution in [0.4, 0.5) is 10.5 Å².